The van der Waals surface area contributed by atoms with Gasteiger partial charge >= 0.3 is 0 Å². The van der Waals surface area contributed by atoms with Gasteiger partial charge in [0.15, 0.2) is 0 Å². The molecule has 23 heavy (non-hydrogen) atoms. The molecule has 3 aromatic rings. The fraction of sp³-hybridized carbons (Fsp3) is 0.222. The van der Waals surface area contributed by atoms with Gasteiger partial charge in [-0.3, -0.25) is 0 Å². The summed E-state index contributed by atoms with van der Waals surface area (Å²) < 4.78 is 5.24. The van der Waals surface area contributed by atoms with Gasteiger partial charge in [0.2, 0.25) is 0 Å². The lowest BCUT2D eigenvalue weighted by atomic mass is 9.94. The summed E-state index contributed by atoms with van der Waals surface area (Å²) in [4.78, 5) is 3.54. The summed E-state index contributed by atoms with van der Waals surface area (Å²) in [5, 5.41) is 6.16. The van der Waals surface area contributed by atoms with E-state index >= 15 is 0 Å². The number of halogens is 2. The Hall–Kier alpha value is -1.68. The Morgan fingerprint density at radius 3 is 2.78 bits per heavy atom. The molecule has 0 bridgehead atoms. The Morgan fingerprint density at radius 1 is 1.13 bits per heavy atom. The quantitative estimate of drug-likeness (QED) is 0.704. The third-order valence-corrected chi connectivity index (χ3v) is 4.95. The Morgan fingerprint density at radius 2 is 2.00 bits per heavy atom. The van der Waals surface area contributed by atoms with E-state index in [4.69, 9.17) is 27.9 Å². The number of nitrogens with one attached hydrogen (secondary N) is 2. The van der Waals surface area contributed by atoms with Crippen LogP contribution >= 0.6 is 23.2 Å². The van der Waals surface area contributed by atoms with E-state index in [1.807, 2.05) is 30.3 Å². The minimum Gasteiger partial charge on any atom is -0.495 e. The molecule has 4 rings (SSSR count). The molecule has 2 heterocycles. The van der Waals surface area contributed by atoms with Crippen molar-refractivity contribution in [1.82, 2.24) is 10.3 Å². The van der Waals surface area contributed by atoms with Gasteiger partial charge in [-0.25, -0.2) is 0 Å². The highest BCUT2D eigenvalue weighted by Crippen LogP contribution is 2.36. The number of benzene rings is 2. The molecule has 1 unspecified atom stereocenters. The van der Waals surface area contributed by atoms with Crippen molar-refractivity contribution >= 4 is 34.1 Å². The van der Waals surface area contributed by atoms with Crippen LogP contribution < -0.4 is 10.1 Å². The summed E-state index contributed by atoms with van der Waals surface area (Å²) in [6, 6.07) is 12.0. The van der Waals surface area contributed by atoms with Crippen LogP contribution in [0.15, 0.2) is 36.4 Å². The van der Waals surface area contributed by atoms with Crippen molar-refractivity contribution in [2.75, 3.05) is 13.7 Å². The second-order valence-electron chi connectivity index (χ2n) is 5.74. The van der Waals surface area contributed by atoms with Crippen LogP contribution in [-0.2, 0) is 6.42 Å². The van der Waals surface area contributed by atoms with E-state index < -0.39 is 0 Å². The van der Waals surface area contributed by atoms with Crippen molar-refractivity contribution in [3.8, 4) is 5.75 Å². The first-order chi connectivity index (χ1) is 11.2. The van der Waals surface area contributed by atoms with Gasteiger partial charge in [-0.1, -0.05) is 29.3 Å². The number of H-pyrrole nitrogens is 1. The van der Waals surface area contributed by atoms with Gasteiger partial charge in [-0.05, 0) is 47.9 Å². The predicted octanol–water partition coefficient (Wildman–Crippen LogP) is 4.72. The third kappa shape index (κ3) is 2.49. The molecule has 3 nitrogen and oxygen atoms in total. The smallest absolute Gasteiger partial charge is 0.137 e. The molecule has 2 N–H and O–H groups in total. The fourth-order valence-electron chi connectivity index (χ4n) is 3.35. The topological polar surface area (TPSA) is 37.0 Å². The number of methoxy groups -OCH3 is 1. The van der Waals surface area contributed by atoms with Crippen LogP contribution in [0.2, 0.25) is 10.0 Å². The lowest BCUT2D eigenvalue weighted by Gasteiger charge is -2.25. The van der Waals surface area contributed by atoms with Gasteiger partial charge in [-0.15, -0.1) is 0 Å². The highest BCUT2D eigenvalue weighted by atomic mass is 35.5. The number of aromatic nitrogens is 1. The van der Waals surface area contributed by atoms with Gasteiger partial charge < -0.3 is 15.0 Å². The third-order valence-electron chi connectivity index (χ3n) is 4.42. The molecule has 1 atom stereocenters. The summed E-state index contributed by atoms with van der Waals surface area (Å²) in [5.74, 6) is 0.690. The van der Waals surface area contributed by atoms with Crippen LogP contribution in [0.4, 0.5) is 0 Å². The predicted molar refractivity (Wildman–Crippen MR) is 94.9 cm³/mol. The summed E-state index contributed by atoms with van der Waals surface area (Å²) in [6.45, 7) is 0.917. The van der Waals surface area contributed by atoms with Crippen molar-refractivity contribution in [2.45, 2.75) is 12.5 Å². The number of fused-ring (bicyclic) bond motifs is 3. The maximum atomic E-state index is 6.29. The Labute approximate surface area is 144 Å². The minimum absolute atomic E-state index is 0.0910. The molecule has 0 amide bonds. The van der Waals surface area contributed by atoms with Crippen molar-refractivity contribution in [3.05, 3.63) is 63.3 Å². The normalized spacial score (nSPS) is 17.3. The first-order valence-electron chi connectivity index (χ1n) is 7.54. The van der Waals surface area contributed by atoms with Crippen molar-refractivity contribution in [1.29, 1.82) is 0 Å². The molecule has 0 spiro atoms. The number of hydrogen-bond donors (Lipinski definition) is 2. The van der Waals surface area contributed by atoms with Crippen LogP contribution in [0, 0.1) is 0 Å². The molecule has 118 valence electrons. The minimum atomic E-state index is 0.0910. The zero-order valence-electron chi connectivity index (χ0n) is 12.6. The summed E-state index contributed by atoms with van der Waals surface area (Å²) in [5.41, 5.74) is 4.76. The number of ether oxygens (including phenoxy) is 1. The van der Waals surface area contributed by atoms with Gasteiger partial charge in [0.1, 0.15) is 5.75 Å². The first-order valence-corrected chi connectivity index (χ1v) is 8.30. The van der Waals surface area contributed by atoms with E-state index in [2.05, 4.69) is 16.4 Å². The lowest BCUT2D eigenvalue weighted by molar-refractivity contribution is 0.414. The van der Waals surface area contributed by atoms with Gasteiger partial charge in [0.05, 0.1) is 18.2 Å². The molecule has 1 aliphatic heterocycles. The van der Waals surface area contributed by atoms with Crippen LogP contribution in [-0.4, -0.2) is 18.6 Å². The summed E-state index contributed by atoms with van der Waals surface area (Å²) in [7, 11) is 1.62. The maximum Gasteiger partial charge on any atom is 0.137 e. The highest BCUT2D eigenvalue weighted by molar-refractivity contribution is 6.32. The van der Waals surface area contributed by atoms with E-state index in [1.54, 1.807) is 7.11 Å². The van der Waals surface area contributed by atoms with E-state index in [9.17, 15) is 0 Å². The summed E-state index contributed by atoms with van der Waals surface area (Å²) >= 11 is 12.5. The van der Waals surface area contributed by atoms with E-state index in [-0.39, 0.29) is 6.04 Å². The van der Waals surface area contributed by atoms with Crippen LogP contribution in [0.5, 0.6) is 5.75 Å². The standard InChI is InChI=1S/C18H16Cl2N2O/c1-23-16-5-2-10(8-14(16)20)17-18-12(6-7-21-17)13-9-11(19)3-4-15(13)22-18/h2-5,8-9,17,21-22H,6-7H2,1H3. The summed E-state index contributed by atoms with van der Waals surface area (Å²) in [6.07, 6.45) is 0.982. The van der Waals surface area contributed by atoms with E-state index in [0.29, 0.717) is 10.8 Å². The SMILES string of the molecule is COc1ccc(C2NCCc3c2[nH]c2ccc(Cl)cc32)cc1Cl. The number of rotatable bonds is 2. The zero-order valence-corrected chi connectivity index (χ0v) is 14.1. The monoisotopic (exact) mass is 346 g/mol. The zero-order chi connectivity index (χ0) is 16.0. The van der Waals surface area contributed by atoms with Crippen molar-refractivity contribution in [3.63, 3.8) is 0 Å². The second-order valence-corrected chi connectivity index (χ2v) is 6.58. The van der Waals surface area contributed by atoms with Crippen LogP contribution in [0.3, 0.4) is 0 Å². The highest BCUT2D eigenvalue weighted by Gasteiger charge is 2.25. The number of aromatic amines is 1. The van der Waals surface area contributed by atoms with Crippen molar-refractivity contribution in [2.24, 2.45) is 0 Å². The average Bonchev–Trinajstić information content (AvgIpc) is 2.92. The molecule has 1 aliphatic rings. The molecule has 2 aromatic carbocycles. The van der Waals surface area contributed by atoms with Crippen LogP contribution in [0.25, 0.3) is 10.9 Å². The molecule has 0 fully saturated rings. The second kappa shape index (κ2) is 5.75. The molecule has 1 aromatic heterocycles. The van der Waals surface area contributed by atoms with Crippen molar-refractivity contribution < 1.29 is 4.74 Å². The molecular formula is C18H16Cl2N2O. The van der Waals surface area contributed by atoms with E-state index in [0.717, 1.165) is 29.1 Å². The van der Waals surface area contributed by atoms with Gasteiger partial charge in [0, 0.05) is 28.2 Å². The van der Waals surface area contributed by atoms with Crippen LogP contribution in [0.1, 0.15) is 22.9 Å². The van der Waals surface area contributed by atoms with Gasteiger partial charge in [-0.2, -0.15) is 0 Å². The first kappa shape index (κ1) is 14.9. The molecule has 0 saturated carbocycles. The Balaban J connectivity index is 1.84. The van der Waals surface area contributed by atoms with E-state index in [1.165, 1.54) is 16.6 Å². The Bertz CT molecular complexity index is 888. The van der Waals surface area contributed by atoms with Gasteiger partial charge in [0.25, 0.3) is 0 Å². The largest absolute Gasteiger partial charge is 0.495 e. The Kier molecular flexibility index (Phi) is 3.72. The fourth-order valence-corrected chi connectivity index (χ4v) is 3.79. The number of hydrogen-bond acceptors (Lipinski definition) is 2. The molecular weight excluding hydrogens is 331 g/mol. The molecule has 5 heteroatoms. The maximum absolute atomic E-state index is 6.29. The molecule has 0 aliphatic carbocycles. The molecule has 0 saturated heterocycles. The molecule has 0 radical (unpaired) electrons. The average molecular weight is 347 g/mol. The lowest BCUT2D eigenvalue weighted by Crippen LogP contribution is -2.30.